The van der Waals surface area contributed by atoms with Gasteiger partial charge in [-0.3, -0.25) is 9.59 Å². The molecule has 0 radical (unpaired) electrons. The predicted molar refractivity (Wildman–Crippen MR) is 85.1 cm³/mol. The molecule has 1 aromatic rings. The molecule has 0 aliphatic heterocycles. The second-order valence-corrected chi connectivity index (χ2v) is 6.19. The Morgan fingerprint density at radius 3 is 2.61 bits per heavy atom. The molecule has 2 aliphatic carbocycles. The van der Waals surface area contributed by atoms with Crippen molar-refractivity contribution in [3.8, 4) is 5.75 Å². The highest BCUT2D eigenvalue weighted by Gasteiger charge is 2.51. The highest BCUT2D eigenvalue weighted by atomic mass is 16.5. The van der Waals surface area contributed by atoms with E-state index in [2.05, 4.69) is 5.32 Å². The predicted octanol–water partition coefficient (Wildman–Crippen LogP) is 1.88. The van der Waals surface area contributed by atoms with E-state index in [9.17, 15) is 14.7 Å². The number of methoxy groups -OCH3 is 1. The molecule has 2 N–H and O–H groups in total. The number of allylic oxidation sites excluding steroid dienone is 2. The smallest absolute Gasteiger partial charge is 0.307 e. The number of ether oxygens (including phenoxy) is 1. The quantitative estimate of drug-likeness (QED) is 0.786. The zero-order valence-electron chi connectivity index (χ0n) is 13.1. The average Bonchev–Trinajstić information content (AvgIpc) is 3.16. The van der Waals surface area contributed by atoms with Crippen LogP contribution in [0.4, 0.5) is 0 Å². The molecule has 2 bridgehead atoms. The SMILES string of the molecule is COc1ccccc1CCNC(=O)[C@H]1[C@H](C(=O)O)[C@H]2C=C[C@H]1C2. The number of carbonyl (C=O) groups excluding carboxylic acids is 1. The number of benzene rings is 1. The van der Waals surface area contributed by atoms with E-state index in [-0.39, 0.29) is 17.7 Å². The summed E-state index contributed by atoms with van der Waals surface area (Å²) in [7, 11) is 1.62. The minimum Gasteiger partial charge on any atom is -0.496 e. The van der Waals surface area contributed by atoms with Crippen LogP contribution in [0.15, 0.2) is 36.4 Å². The van der Waals surface area contributed by atoms with E-state index in [4.69, 9.17) is 4.74 Å². The molecule has 0 saturated heterocycles. The van der Waals surface area contributed by atoms with Gasteiger partial charge in [0.1, 0.15) is 5.75 Å². The maximum absolute atomic E-state index is 12.5. The Balaban J connectivity index is 1.59. The van der Waals surface area contributed by atoms with Crippen LogP contribution in [0.5, 0.6) is 5.75 Å². The summed E-state index contributed by atoms with van der Waals surface area (Å²) in [6.45, 7) is 0.475. The Kier molecular flexibility index (Phi) is 4.37. The third-order valence-corrected chi connectivity index (χ3v) is 4.93. The van der Waals surface area contributed by atoms with Gasteiger partial charge in [-0.25, -0.2) is 0 Å². The fourth-order valence-corrected chi connectivity index (χ4v) is 3.86. The molecule has 0 spiro atoms. The monoisotopic (exact) mass is 315 g/mol. The lowest BCUT2D eigenvalue weighted by atomic mass is 9.82. The molecule has 0 aromatic heterocycles. The van der Waals surface area contributed by atoms with Crippen LogP contribution in [0.3, 0.4) is 0 Å². The molecular weight excluding hydrogens is 294 g/mol. The number of fused-ring (bicyclic) bond motifs is 2. The van der Waals surface area contributed by atoms with E-state index in [1.165, 1.54) is 0 Å². The maximum Gasteiger partial charge on any atom is 0.307 e. The van der Waals surface area contributed by atoms with Gasteiger partial charge in [0.25, 0.3) is 0 Å². The lowest BCUT2D eigenvalue weighted by molar-refractivity contribution is -0.147. The van der Waals surface area contributed by atoms with Gasteiger partial charge in [-0.05, 0) is 36.3 Å². The first-order valence-electron chi connectivity index (χ1n) is 7.92. The molecule has 0 unspecified atom stereocenters. The van der Waals surface area contributed by atoms with Crippen molar-refractivity contribution in [3.63, 3.8) is 0 Å². The minimum atomic E-state index is -0.869. The Morgan fingerprint density at radius 1 is 1.22 bits per heavy atom. The summed E-state index contributed by atoms with van der Waals surface area (Å²) in [5, 5.41) is 12.3. The van der Waals surface area contributed by atoms with E-state index in [1.807, 2.05) is 36.4 Å². The summed E-state index contributed by atoms with van der Waals surface area (Å²) in [4.78, 5) is 23.9. The lowest BCUT2D eigenvalue weighted by Gasteiger charge is -2.23. The largest absolute Gasteiger partial charge is 0.496 e. The van der Waals surface area contributed by atoms with Crippen LogP contribution in [0, 0.1) is 23.7 Å². The van der Waals surface area contributed by atoms with E-state index in [0.717, 1.165) is 17.7 Å². The van der Waals surface area contributed by atoms with Crippen LogP contribution >= 0.6 is 0 Å². The topological polar surface area (TPSA) is 75.6 Å². The van der Waals surface area contributed by atoms with Gasteiger partial charge in [0.2, 0.25) is 5.91 Å². The molecule has 4 atom stereocenters. The standard InChI is InChI=1S/C18H21NO4/c1-23-14-5-3-2-4-11(14)8-9-19-17(20)15-12-6-7-13(10-12)16(15)18(21)22/h2-7,12-13,15-16H,8-10H2,1H3,(H,19,20)(H,21,22)/t12-,13-,15+,16+/m0/s1. The van der Waals surface area contributed by atoms with Crippen molar-refractivity contribution in [2.75, 3.05) is 13.7 Å². The summed E-state index contributed by atoms with van der Waals surface area (Å²) in [5.41, 5.74) is 1.03. The van der Waals surface area contributed by atoms with Crippen molar-refractivity contribution in [1.82, 2.24) is 5.32 Å². The number of carboxylic acids is 1. The van der Waals surface area contributed by atoms with Gasteiger partial charge >= 0.3 is 5.97 Å². The number of hydrogen-bond acceptors (Lipinski definition) is 3. The summed E-state index contributed by atoms with van der Waals surface area (Å²) < 4.78 is 5.29. The molecule has 23 heavy (non-hydrogen) atoms. The van der Waals surface area contributed by atoms with Crippen LogP contribution in [-0.2, 0) is 16.0 Å². The first-order valence-corrected chi connectivity index (χ1v) is 7.92. The van der Waals surface area contributed by atoms with Gasteiger partial charge in [-0.1, -0.05) is 30.4 Å². The number of amides is 1. The van der Waals surface area contributed by atoms with E-state index >= 15 is 0 Å². The Bertz CT molecular complexity index is 640. The summed E-state index contributed by atoms with van der Waals surface area (Å²) in [6, 6.07) is 7.68. The van der Waals surface area contributed by atoms with Gasteiger partial charge in [0.15, 0.2) is 0 Å². The molecule has 0 heterocycles. The second kappa shape index (κ2) is 6.44. The lowest BCUT2D eigenvalue weighted by Crippen LogP contribution is -2.40. The molecule has 5 nitrogen and oxygen atoms in total. The third kappa shape index (κ3) is 2.96. The maximum atomic E-state index is 12.5. The average molecular weight is 315 g/mol. The first kappa shape index (κ1) is 15.6. The number of aliphatic carboxylic acids is 1. The second-order valence-electron chi connectivity index (χ2n) is 6.19. The van der Waals surface area contributed by atoms with Crippen molar-refractivity contribution >= 4 is 11.9 Å². The molecule has 5 heteroatoms. The number of para-hydroxylation sites is 1. The molecule has 1 amide bonds. The summed E-state index contributed by atoms with van der Waals surface area (Å²) in [6.07, 6.45) is 5.38. The number of carbonyl (C=O) groups is 2. The van der Waals surface area contributed by atoms with Crippen LogP contribution in [-0.4, -0.2) is 30.6 Å². The highest BCUT2D eigenvalue weighted by Crippen LogP contribution is 2.48. The third-order valence-electron chi connectivity index (χ3n) is 4.93. The normalized spacial score (nSPS) is 27.9. The zero-order chi connectivity index (χ0) is 16.4. The van der Waals surface area contributed by atoms with Crippen LogP contribution in [0.1, 0.15) is 12.0 Å². The van der Waals surface area contributed by atoms with Gasteiger partial charge in [0.05, 0.1) is 18.9 Å². The molecule has 1 saturated carbocycles. The fraction of sp³-hybridized carbons (Fsp3) is 0.444. The zero-order valence-corrected chi connectivity index (χ0v) is 13.1. The van der Waals surface area contributed by atoms with Crippen molar-refractivity contribution in [3.05, 3.63) is 42.0 Å². The van der Waals surface area contributed by atoms with Crippen LogP contribution in [0.2, 0.25) is 0 Å². The number of carboxylic acid groups (broad SMARTS) is 1. The number of nitrogens with one attached hydrogen (secondary N) is 1. The van der Waals surface area contributed by atoms with E-state index in [0.29, 0.717) is 13.0 Å². The van der Waals surface area contributed by atoms with Crippen LogP contribution in [0.25, 0.3) is 0 Å². The van der Waals surface area contributed by atoms with Gasteiger partial charge in [0, 0.05) is 6.54 Å². The first-order chi connectivity index (χ1) is 11.1. The summed E-state index contributed by atoms with van der Waals surface area (Å²) in [5.74, 6) is -1.19. The summed E-state index contributed by atoms with van der Waals surface area (Å²) >= 11 is 0. The number of hydrogen-bond donors (Lipinski definition) is 2. The Morgan fingerprint density at radius 2 is 1.91 bits per heavy atom. The van der Waals surface area contributed by atoms with Gasteiger partial charge in [-0.2, -0.15) is 0 Å². The highest BCUT2D eigenvalue weighted by molar-refractivity contribution is 5.86. The Labute approximate surface area is 135 Å². The van der Waals surface area contributed by atoms with Crippen LogP contribution < -0.4 is 10.1 Å². The fourth-order valence-electron chi connectivity index (χ4n) is 3.86. The minimum absolute atomic E-state index is 0.00228. The van der Waals surface area contributed by atoms with Crippen molar-refractivity contribution in [2.45, 2.75) is 12.8 Å². The molecule has 2 aliphatic rings. The number of rotatable bonds is 6. The van der Waals surface area contributed by atoms with Crippen molar-refractivity contribution in [2.24, 2.45) is 23.7 Å². The molecule has 3 rings (SSSR count). The Hall–Kier alpha value is -2.30. The molecule has 1 fully saturated rings. The molecule has 1 aromatic carbocycles. The van der Waals surface area contributed by atoms with E-state index in [1.54, 1.807) is 7.11 Å². The van der Waals surface area contributed by atoms with Crippen molar-refractivity contribution in [1.29, 1.82) is 0 Å². The van der Waals surface area contributed by atoms with E-state index < -0.39 is 17.8 Å². The molecular formula is C18H21NO4. The van der Waals surface area contributed by atoms with Gasteiger partial charge < -0.3 is 15.2 Å². The molecule has 122 valence electrons. The van der Waals surface area contributed by atoms with Crippen molar-refractivity contribution < 1.29 is 19.4 Å². The van der Waals surface area contributed by atoms with Gasteiger partial charge in [-0.15, -0.1) is 0 Å².